The Bertz CT molecular complexity index is 473. The van der Waals surface area contributed by atoms with Gasteiger partial charge in [-0.1, -0.05) is 0 Å². The predicted octanol–water partition coefficient (Wildman–Crippen LogP) is 4.30. The van der Waals surface area contributed by atoms with Crippen molar-refractivity contribution in [1.82, 2.24) is 4.90 Å². The van der Waals surface area contributed by atoms with Crippen molar-refractivity contribution >= 4 is 17.4 Å². The lowest BCUT2D eigenvalue weighted by atomic mass is 9.94. The Labute approximate surface area is 119 Å². The van der Waals surface area contributed by atoms with E-state index in [1.807, 2.05) is 39.2 Å². The number of ether oxygens (including phenoxy) is 1. The monoisotopic (exact) mass is 281 g/mol. The fourth-order valence-electron chi connectivity index (χ4n) is 2.51. The maximum atomic E-state index is 12.2. The van der Waals surface area contributed by atoms with Crippen LogP contribution in [0.4, 0.5) is 4.79 Å². The van der Waals surface area contributed by atoms with E-state index in [1.54, 1.807) is 4.90 Å². The molecule has 1 aliphatic rings. The van der Waals surface area contributed by atoms with Crippen LogP contribution in [0.3, 0.4) is 0 Å². The van der Waals surface area contributed by atoms with Gasteiger partial charge in [0.05, 0.1) is 6.04 Å². The first kappa shape index (κ1) is 14.4. The molecule has 3 nitrogen and oxygen atoms in total. The van der Waals surface area contributed by atoms with Crippen molar-refractivity contribution in [1.29, 1.82) is 0 Å². The Morgan fingerprint density at radius 2 is 2.16 bits per heavy atom. The first-order chi connectivity index (χ1) is 8.78. The van der Waals surface area contributed by atoms with Gasteiger partial charge in [-0.3, -0.25) is 0 Å². The molecule has 0 saturated carbocycles. The van der Waals surface area contributed by atoms with Gasteiger partial charge >= 0.3 is 6.09 Å². The Morgan fingerprint density at radius 1 is 1.47 bits per heavy atom. The molecule has 106 valence electrons. The van der Waals surface area contributed by atoms with Crippen molar-refractivity contribution in [2.45, 2.75) is 58.6 Å². The molecular weight excluding hydrogens is 258 g/mol. The molecule has 0 radical (unpaired) electrons. The summed E-state index contributed by atoms with van der Waals surface area (Å²) in [6.45, 7) is 7.84. The van der Waals surface area contributed by atoms with Crippen LogP contribution in [0.25, 0.3) is 0 Å². The van der Waals surface area contributed by atoms with Crippen LogP contribution >= 0.6 is 11.3 Å². The first-order valence-electron chi connectivity index (χ1n) is 6.83. The highest BCUT2D eigenvalue weighted by Gasteiger charge is 2.30. The zero-order valence-electron chi connectivity index (χ0n) is 12.4. The zero-order valence-corrected chi connectivity index (χ0v) is 13.3. The maximum Gasteiger partial charge on any atom is 0.410 e. The molecule has 1 atom stereocenters. The number of carbonyl (C=O) groups excluding carboxylic acids is 1. The number of hydrogen-bond donors (Lipinski definition) is 0. The number of nitrogens with zero attached hydrogens (tertiary/aromatic N) is 1. The molecule has 0 aromatic carbocycles. The molecule has 0 spiro atoms. The second-order valence-corrected chi connectivity index (χ2v) is 7.53. The minimum absolute atomic E-state index is 0.178. The highest BCUT2D eigenvalue weighted by atomic mass is 32.1. The van der Waals surface area contributed by atoms with E-state index in [9.17, 15) is 4.79 Å². The van der Waals surface area contributed by atoms with E-state index in [0.717, 1.165) is 19.3 Å². The van der Waals surface area contributed by atoms with Crippen molar-refractivity contribution in [2.75, 3.05) is 7.05 Å². The molecule has 0 bridgehead atoms. The number of fused-ring (bicyclic) bond motifs is 1. The molecule has 1 aromatic rings. The summed E-state index contributed by atoms with van der Waals surface area (Å²) in [5.41, 5.74) is 0.975. The molecule has 1 unspecified atom stereocenters. The summed E-state index contributed by atoms with van der Waals surface area (Å²) in [4.78, 5) is 16.6. The van der Waals surface area contributed by atoms with E-state index in [1.165, 1.54) is 15.3 Å². The number of hydrogen-bond acceptors (Lipinski definition) is 3. The largest absolute Gasteiger partial charge is 0.444 e. The second-order valence-electron chi connectivity index (χ2n) is 6.25. The van der Waals surface area contributed by atoms with E-state index in [-0.39, 0.29) is 12.1 Å². The quantitative estimate of drug-likeness (QED) is 0.768. The normalized spacial score (nSPS) is 18.9. The molecule has 1 aromatic heterocycles. The van der Waals surface area contributed by atoms with Crippen LogP contribution in [-0.4, -0.2) is 23.6 Å². The molecule has 1 amide bonds. The van der Waals surface area contributed by atoms with E-state index < -0.39 is 5.60 Å². The van der Waals surface area contributed by atoms with E-state index in [4.69, 9.17) is 4.74 Å². The fourth-order valence-corrected chi connectivity index (χ4v) is 3.76. The lowest BCUT2D eigenvalue weighted by Gasteiger charge is -2.32. The summed E-state index contributed by atoms with van der Waals surface area (Å²) >= 11 is 1.81. The van der Waals surface area contributed by atoms with Crippen molar-refractivity contribution in [2.24, 2.45) is 0 Å². The van der Waals surface area contributed by atoms with Crippen LogP contribution in [0, 0.1) is 6.92 Å². The Kier molecular flexibility index (Phi) is 3.90. The van der Waals surface area contributed by atoms with Crippen LogP contribution in [0.1, 0.15) is 55.0 Å². The van der Waals surface area contributed by atoms with Gasteiger partial charge in [0.1, 0.15) is 5.60 Å². The molecule has 2 rings (SSSR count). The summed E-state index contributed by atoms with van der Waals surface area (Å²) in [5, 5.41) is 0. The third-order valence-electron chi connectivity index (χ3n) is 3.34. The molecule has 0 fully saturated rings. The highest BCUT2D eigenvalue weighted by molar-refractivity contribution is 7.12. The maximum absolute atomic E-state index is 12.2. The Hall–Kier alpha value is -1.03. The molecule has 1 aliphatic carbocycles. The third-order valence-corrected chi connectivity index (χ3v) is 4.53. The van der Waals surface area contributed by atoms with Crippen molar-refractivity contribution in [3.05, 3.63) is 21.4 Å². The van der Waals surface area contributed by atoms with Gasteiger partial charge in [0.15, 0.2) is 0 Å². The Balaban J connectivity index is 2.16. The van der Waals surface area contributed by atoms with Gasteiger partial charge in [-0.05, 0) is 58.6 Å². The van der Waals surface area contributed by atoms with Crippen LogP contribution in [0.15, 0.2) is 6.07 Å². The summed E-state index contributed by atoms with van der Waals surface area (Å²) in [7, 11) is 1.85. The Morgan fingerprint density at radius 3 is 2.79 bits per heavy atom. The minimum atomic E-state index is -0.436. The smallest absolute Gasteiger partial charge is 0.410 e. The van der Waals surface area contributed by atoms with Crippen LogP contribution < -0.4 is 0 Å². The second kappa shape index (κ2) is 5.16. The van der Waals surface area contributed by atoms with Crippen LogP contribution in [0.5, 0.6) is 0 Å². The van der Waals surface area contributed by atoms with Gasteiger partial charge in [-0.25, -0.2) is 4.79 Å². The first-order valence-corrected chi connectivity index (χ1v) is 7.64. The van der Waals surface area contributed by atoms with Crippen molar-refractivity contribution in [3.63, 3.8) is 0 Å². The average Bonchev–Trinajstić information content (AvgIpc) is 2.65. The number of carbonyl (C=O) groups is 1. The standard InChI is InChI=1S/C15H23NO2S/c1-10-9-11-7-6-8-12(13(11)19-10)16(5)14(17)18-15(2,3)4/h9,12H,6-8H2,1-5H3. The fraction of sp³-hybridized carbons (Fsp3) is 0.667. The van der Waals surface area contributed by atoms with E-state index in [2.05, 4.69) is 13.0 Å². The lowest BCUT2D eigenvalue weighted by Crippen LogP contribution is -2.37. The minimum Gasteiger partial charge on any atom is -0.444 e. The summed E-state index contributed by atoms with van der Waals surface area (Å²) < 4.78 is 5.47. The van der Waals surface area contributed by atoms with Gasteiger partial charge in [-0.15, -0.1) is 11.3 Å². The highest BCUT2D eigenvalue weighted by Crippen LogP contribution is 2.39. The zero-order chi connectivity index (χ0) is 14.2. The SMILES string of the molecule is Cc1cc2c(s1)C(N(C)C(=O)OC(C)(C)C)CCC2. The number of amides is 1. The van der Waals surface area contributed by atoms with Gasteiger partial charge in [0.25, 0.3) is 0 Å². The molecule has 0 aliphatic heterocycles. The van der Waals surface area contributed by atoms with Gasteiger partial charge in [0, 0.05) is 16.8 Å². The number of thiophene rings is 1. The summed E-state index contributed by atoms with van der Waals surface area (Å²) in [6, 6.07) is 2.44. The number of aryl methyl sites for hydroxylation is 2. The molecule has 4 heteroatoms. The van der Waals surface area contributed by atoms with Gasteiger partial charge in [0.2, 0.25) is 0 Å². The van der Waals surface area contributed by atoms with Crippen LogP contribution in [-0.2, 0) is 11.2 Å². The third kappa shape index (κ3) is 3.30. The average molecular weight is 281 g/mol. The summed E-state index contributed by atoms with van der Waals surface area (Å²) in [5.74, 6) is 0. The van der Waals surface area contributed by atoms with Crippen LogP contribution in [0.2, 0.25) is 0 Å². The predicted molar refractivity (Wildman–Crippen MR) is 78.7 cm³/mol. The van der Waals surface area contributed by atoms with Crippen molar-refractivity contribution < 1.29 is 9.53 Å². The summed E-state index contributed by atoms with van der Waals surface area (Å²) in [6.07, 6.45) is 3.08. The molecular formula is C15H23NO2S. The lowest BCUT2D eigenvalue weighted by molar-refractivity contribution is 0.0208. The van der Waals surface area contributed by atoms with E-state index in [0.29, 0.717) is 0 Å². The number of rotatable bonds is 1. The van der Waals surface area contributed by atoms with Gasteiger partial charge in [-0.2, -0.15) is 0 Å². The molecule has 19 heavy (non-hydrogen) atoms. The van der Waals surface area contributed by atoms with E-state index >= 15 is 0 Å². The molecule has 1 heterocycles. The van der Waals surface area contributed by atoms with Crippen molar-refractivity contribution in [3.8, 4) is 0 Å². The molecule has 0 saturated heterocycles. The topological polar surface area (TPSA) is 29.5 Å². The van der Waals surface area contributed by atoms with Gasteiger partial charge < -0.3 is 9.64 Å². The molecule has 0 N–H and O–H groups in total.